The molecule has 0 saturated carbocycles. The molecule has 0 fully saturated rings. The van der Waals surface area contributed by atoms with Crippen molar-refractivity contribution in [3.8, 4) is 0 Å². The highest BCUT2D eigenvalue weighted by molar-refractivity contribution is 5.27. The average Bonchev–Trinajstić information content (AvgIpc) is 2.27. The Bertz CT molecular complexity index is 333. The quantitative estimate of drug-likeness (QED) is 0.759. The van der Waals surface area contributed by atoms with Gasteiger partial charge >= 0.3 is 0 Å². The van der Waals surface area contributed by atoms with E-state index in [0.29, 0.717) is 6.04 Å². The minimum Gasteiger partial charge on any atom is -0.328 e. The van der Waals surface area contributed by atoms with Gasteiger partial charge in [-0.05, 0) is 42.9 Å². The summed E-state index contributed by atoms with van der Waals surface area (Å²) >= 11 is 0. The number of nitrogens with one attached hydrogen (secondary N) is 1. The third-order valence-corrected chi connectivity index (χ3v) is 3.16. The minimum absolute atomic E-state index is 0.239. The Hall–Kier alpha value is -0.860. The monoisotopic (exact) mass is 248 g/mol. The van der Waals surface area contributed by atoms with Crippen molar-refractivity contribution in [3.63, 3.8) is 0 Å². The summed E-state index contributed by atoms with van der Waals surface area (Å²) in [6.07, 6.45) is 2.24. The molecule has 1 unspecified atom stereocenters. The van der Waals surface area contributed by atoms with Gasteiger partial charge in [-0.25, -0.2) is 0 Å². The third kappa shape index (κ3) is 5.65. The molecule has 1 rings (SSSR count). The van der Waals surface area contributed by atoms with E-state index in [-0.39, 0.29) is 5.41 Å². The molecule has 0 amide bonds. The Balaban J connectivity index is 2.31. The lowest BCUT2D eigenvalue weighted by atomic mass is 9.87. The molecule has 0 aliphatic carbocycles. The molecule has 0 aromatic heterocycles. The number of hydrogen-bond donors (Lipinski definition) is 2. The van der Waals surface area contributed by atoms with Crippen LogP contribution in [0.1, 0.15) is 51.7 Å². The summed E-state index contributed by atoms with van der Waals surface area (Å²) in [6, 6.07) is 9.23. The molecule has 0 bridgehead atoms. The number of hydrogen-bond acceptors (Lipinski definition) is 2. The molecule has 0 aliphatic rings. The van der Waals surface area contributed by atoms with Crippen molar-refractivity contribution in [3.05, 3.63) is 35.4 Å². The van der Waals surface area contributed by atoms with Gasteiger partial charge in [-0.15, -0.1) is 0 Å². The second kappa shape index (κ2) is 6.91. The Kier molecular flexibility index (Phi) is 5.83. The van der Waals surface area contributed by atoms with Crippen LogP contribution in [0, 0.1) is 0 Å². The Morgan fingerprint density at radius 2 is 1.78 bits per heavy atom. The summed E-state index contributed by atoms with van der Waals surface area (Å²) in [5.41, 5.74) is 8.70. The maximum atomic E-state index is 5.72. The van der Waals surface area contributed by atoms with E-state index < -0.39 is 0 Å². The molecule has 0 heterocycles. The fourth-order valence-corrected chi connectivity index (χ4v) is 1.90. The lowest BCUT2D eigenvalue weighted by molar-refractivity contribution is 0.573. The van der Waals surface area contributed by atoms with E-state index in [1.165, 1.54) is 11.1 Å². The van der Waals surface area contributed by atoms with Crippen molar-refractivity contribution in [2.75, 3.05) is 6.54 Å². The topological polar surface area (TPSA) is 38.0 Å². The summed E-state index contributed by atoms with van der Waals surface area (Å²) in [4.78, 5) is 0. The molecule has 1 aromatic carbocycles. The molecule has 0 spiro atoms. The van der Waals surface area contributed by atoms with Crippen LogP contribution in [0.5, 0.6) is 0 Å². The van der Waals surface area contributed by atoms with Gasteiger partial charge in [-0.2, -0.15) is 0 Å². The second-order valence-electron chi connectivity index (χ2n) is 6.24. The van der Waals surface area contributed by atoms with Gasteiger partial charge in [-0.3, -0.25) is 0 Å². The van der Waals surface area contributed by atoms with Gasteiger partial charge in [0.2, 0.25) is 0 Å². The summed E-state index contributed by atoms with van der Waals surface area (Å²) in [6.45, 7) is 10.8. The van der Waals surface area contributed by atoms with E-state index in [9.17, 15) is 0 Å². The molecule has 0 aliphatic heterocycles. The summed E-state index contributed by atoms with van der Waals surface area (Å²) in [5, 5.41) is 3.46. The highest BCUT2D eigenvalue weighted by atomic mass is 14.8. The summed E-state index contributed by atoms with van der Waals surface area (Å²) in [7, 11) is 0. The molecule has 3 N–H and O–H groups in total. The minimum atomic E-state index is 0.239. The maximum absolute atomic E-state index is 5.72. The van der Waals surface area contributed by atoms with E-state index in [1.807, 2.05) is 0 Å². The first-order chi connectivity index (χ1) is 8.39. The molecular weight excluding hydrogens is 220 g/mol. The third-order valence-electron chi connectivity index (χ3n) is 3.16. The Morgan fingerprint density at radius 3 is 2.28 bits per heavy atom. The molecule has 1 aromatic rings. The first-order valence-electron chi connectivity index (χ1n) is 6.95. The SMILES string of the molecule is CC(N)CCCNCc1ccc(C(C)(C)C)cc1. The zero-order chi connectivity index (χ0) is 13.6. The normalized spacial score (nSPS) is 13.6. The largest absolute Gasteiger partial charge is 0.328 e. The second-order valence-corrected chi connectivity index (χ2v) is 6.24. The highest BCUT2D eigenvalue weighted by Gasteiger charge is 2.12. The molecule has 0 radical (unpaired) electrons. The predicted octanol–water partition coefficient (Wildman–Crippen LogP) is 3.20. The fourth-order valence-electron chi connectivity index (χ4n) is 1.90. The lowest BCUT2D eigenvalue weighted by Crippen LogP contribution is -2.20. The van der Waals surface area contributed by atoms with E-state index in [0.717, 1.165) is 25.9 Å². The van der Waals surface area contributed by atoms with Crippen molar-refractivity contribution in [2.45, 2.75) is 58.5 Å². The molecule has 1 atom stereocenters. The van der Waals surface area contributed by atoms with E-state index in [4.69, 9.17) is 5.73 Å². The summed E-state index contributed by atoms with van der Waals surface area (Å²) < 4.78 is 0. The lowest BCUT2D eigenvalue weighted by Gasteiger charge is -2.19. The highest BCUT2D eigenvalue weighted by Crippen LogP contribution is 2.22. The van der Waals surface area contributed by atoms with Gasteiger partial charge < -0.3 is 11.1 Å². The number of benzene rings is 1. The van der Waals surface area contributed by atoms with Gasteiger partial charge in [0, 0.05) is 12.6 Å². The Labute approximate surface area is 112 Å². The van der Waals surface area contributed by atoms with Crippen molar-refractivity contribution < 1.29 is 0 Å². The average molecular weight is 248 g/mol. The fraction of sp³-hybridized carbons (Fsp3) is 0.625. The van der Waals surface area contributed by atoms with Crippen LogP contribution in [0.3, 0.4) is 0 Å². The van der Waals surface area contributed by atoms with Crippen LogP contribution in [0.25, 0.3) is 0 Å². The van der Waals surface area contributed by atoms with Gasteiger partial charge in [-0.1, -0.05) is 45.0 Å². The number of nitrogens with two attached hydrogens (primary N) is 1. The van der Waals surface area contributed by atoms with Crippen LogP contribution in [0.2, 0.25) is 0 Å². The molecule has 2 nitrogen and oxygen atoms in total. The van der Waals surface area contributed by atoms with Gasteiger partial charge in [0.1, 0.15) is 0 Å². The Morgan fingerprint density at radius 1 is 1.17 bits per heavy atom. The van der Waals surface area contributed by atoms with Crippen LogP contribution in [-0.4, -0.2) is 12.6 Å². The first-order valence-corrected chi connectivity index (χ1v) is 6.95. The molecular formula is C16H28N2. The summed E-state index contributed by atoms with van der Waals surface area (Å²) in [5.74, 6) is 0. The van der Waals surface area contributed by atoms with Crippen LogP contribution in [0.15, 0.2) is 24.3 Å². The zero-order valence-electron chi connectivity index (χ0n) is 12.3. The van der Waals surface area contributed by atoms with Gasteiger partial charge in [0.05, 0.1) is 0 Å². The van der Waals surface area contributed by atoms with E-state index in [1.54, 1.807) is 0 Å². The van der Waals surface area contributed by atoms with Gasteiger partial charge in [0.25, 0.3) is 0 Å². The van der Waals surface area contributed by atoms with Crippen LogP contribution < -0.4 is 11.1 Å². The van der Waals surface area contributed by atoms with Crippen LogP contribution >= 0.6 is 0 Å². The molecule has 0 saturated heterocycles. The van der Waals surface area contributed by atoms with E-state index >= 15 is 0 Å². The van der Waals surface area contributed by atoms with E-state index in [2.05, 4.69) is 57.3 Å². The van der Waals surface area contributed by atoms with Crippen molar-refractivity contribution in [2.24, 2.45) is 5.73 Å². The smallest absolute Gasteiger partial charge is 0.0205 e. The predicted molar refractivity (Wildman–Crippen MR) is 79.7 cm³/mol. The van der Waals surface area contributed by atoms with Crippen molar-refractivity contribution in [1.29, 1.82) is 0 Å². The van der Waals surface area contributed by atoms with Crippen molar-refractivity contribution in [1.82, 2.24) is 5.32 Å². The molecule has 18 heavy (non-hydrogen) atoms. The molecule has 102 valence electrons. The first kappa shape index (κ1) is 15.2. The van der Waals surface area contributed by atoms with Gasteiger partial charge in [0.15, 0.2) is 0 Å². The molecule has 2 heteroatoms. The van der Waals surface area contributed by atoms with Crippen LogP contribution in [-0.2, 0) is 12.0 Å². The van der Waals surface area contributed by atoms with Crippen molar-refractivity contribution >= 4 is 0 Å². The maximum Gasteiger partial charge on any atom is 0.0205 e. The zero-order valence-corrected chi connectivity index (χ0v) is 12.3. The number of rotatable bonds is 6. The van der Waals surface area contributed by atoms with Crippen LogP contribution in [0.4, 0.5) is 0 Å². The standard InChI is InChI=1S/C16H28N2/c1-13(17)6-5-11-18-12-14-7-9-15(10-8-14)16(2,3)4/h7-10,13,18H,5-6,11-12,17H2,1-4H3.